The van der Waals surface area contributed by atoms with Crippen molar-refractivity contribution in [1.82, 2.24) is 5.32 Å². The summed E-state index contributed by atoms with van der Waals surface area (Å²) in [6.07, 6.45) is 1.03. The highest BCUT2D eigenvalue weighted by atomic mass is 16.5. The summed E-state index contributed by atoms with van der Waals surface area (Å²) in [6, 6.07) is 13.1. The Balaban J connectivity index is 0.00000127. The van der Waals surface area contributed by atoms with Gasteiger partial charge >= 0.3 is 0 Å². The van der Waals surface area contributed by atoms with E-state index < -0.39 is 0 Å². The van der Waals surface area contributed by atoms with E-state index in [0.717, 1.165) is 17.9 Å². The number of aryl methyl sites for hydroxylation is 3. The summed E-state index contributed by atoms with van der Waals surface area (Å²) in [5.41, 5.74) is 4.94. The standard InChI is InChI=1S/C19H25NO.C2H6/c1-13-7-6-8-18(9-13)21-19-14(2)10-17(11-15(19)3)12-16(4)20-5;1-2/h6-11,16,20H,12H2,1-5H3;1-2H3. The van der Waals surface area contributed by atoms with Crippen LogP contribution in [0.3, 0.4) is 0 Å². The van der Waals surface area contributed by atoms with Crippen molar-refractivity contribution in [1.29, 1.82) is 0 Å². The van der Waals surface area contributed by atoms with Crippen molar-refractivity contribution in [3.8, 4) is 11.5 Å². The van der Waals surface area contributed by atoms with Crippen LogP contribution < -0.4 is 10.1 Å². The van der Waals surface area contributed by atoms with Gasteiger partial charge in [-0.25, -0.2) is 0 Å². The van der Waals surface area contributed by atoms with E-state index in [-0.39, 0.29) is 0 Å². The van der Waals surface area contributed by atoms with Gasteiger partial charge in [-0.3, -0.25) is 0 Å². The highest BCUT2D eigenvalue weighted by Crippen LogP contribution is 2.30. The van der Waals surface area contributed by atoms with Crippen LogP contribution in [-0.2, 0) is 6.42 Å². The predicted molar refractivity (Wildman–Crippen MR) is 101 cm³/mol. The van der Waals surface area contributed by atoms with E-state index in [1.807, 2.05) is 33.0 Å². The molecule has 0 amide bonds. The van der Waals surface area contributed by atoms with Crippen LogP contribution in [-0.4, -0.2) is 13.1 Å². The summed E-state index contributed by atoms with van der Waals surface area (Å²) in [5, 5.41) is 3.28. The number of rotatable bonds is 5. The van der Waals surface area contributed by atoms with Crippen molar-refractivity contribution in [3.05, 3.63) is 58.7 Å². The largest absolute Gasteiger partial charge is 0.457 e. The molecule has 0 aliphatic carbocycles. The average Bonchev–Trinajstić information content (AvgIpc) is 2.53. The van der Waals surface area contributed by atoms with E-state index in [2.05, 4.69) is 57.3 Å². The number of ether oxygens (including phenoxy) is 1. The van der Waals surface area contributed by atoms with Crippen molar-refractivity contribution < 1.29 is 4.74 Å². The molecule has 0 heterocycles. The van der Waals surface area contributed by atoms with Crippen LogP contribution in [0.2, 0.25) is 0 Å². The number of hydrogen-bond acceptors (Lipinski definition) is 2. The third kappa shape index (κ3) is 5.72. The molecule has 1 unspecified atom stereocenters. The van der Waals surface area contributed by atoms with E-state index in [1.54, 1.807) is 0 Å². The van der Waals surface area contributed by atoms with Gasteiger partial charge in [-0.15, -0.1) is 0 Å². The molecule has 1 atom stereocenters. The molecule has 0 aliphatic rings. The summed E-state index contributed by atoms with van der Waals surface area (Å²) in [4.78, 5) is 0. The van der Waals surface area contributed by atoms with Crippen LogP contribution in [0.4, 0.5) is 0 Å². The zero-order valence-corrected chi connectivity index (χ0v) is 15.7. The summed E-state index contributed by atoms with van der Waals surface area (Å²) >= 11 is 0. The molecule has 0 aromatic heterocycles. The fourth-order valence-electron chi connectivity index (χ4n) is 2.57. The molecule has 0 radical (unpaired) electrons. The molecule has 0 bridgehead atoms. The maximum atomic E-state index is 6.09. The first-order valence-corrected chi connectivity index (χ1v) is 8.51. The molecule has 2 heteroatoms. The number of benzene rings is 2. The lowest BCUT2D eigenvalue weighted by molar-refractivity contribution is 0.474. The lowest BCUT2D eigenvalue weighted by Gasteiger charge is -2.16. The molecule has 0 spiro atoms. The van der Waals surface area contributed by atoms with Crippen LogP contribution in [0.15, 0.2) is 36.4 Å². The Bertz CT molecular complexity index is 596. The molecule has 0 saturated carbocycles. The fraction of sp³-hybridized carbons (Fsp3) is 0.429. The third-order valence-corrected chi connectivity index (χ3v) is 3.76. The zero-order valence-electron chi connectivity index (χ0n) is 15.7. The fourth-order valence-corrected chi connectivity index (χ4v) is 2.57. The first kappa shape index (κ1) is 19.2. The summed E-state index contributed by atoms with van der Waals surface area (Å²) in [5.74, 6) is 1.87. The van der Waals surface area contributed by atoms with Gasteiger partial charge in [0, 0.05) is 6.04 Å². The Morgan fingerprint density at radius 1 is 1.00 bits per heavy atom. The first-order valence-electron chi connectivity index (χ1n) is 8.51. The third-order valence-electron chi connectivity index (χ3n) is 3.76. The molecule has 126 valence electrons. The lowest BCUT2D eigenvalue weighted by atomic mass is 10.0. The van der Waals surface area contributed by atoms with Crippen LogP contribution in [0.25, 0.3) is 0 Å². The molecule has 2 rings (SSSR count). The summed E-state index contributed by atoms with van der Waals surface area (Å²) in [7, 11) is 2.00. The second-order valence-corrected chi connectivity index (χ2v) is 5.87. The Morgan fingerprint density at radius 2 is 1.61 bits per heavy atom. The van der Waals surface area contributed by atoms with Gasteiger partial charge in [0.25, 0.3) is 0 Å². The van der Waals surface area contributed by atoms with E-state index in [9.17, 15) is 0 Å². The van der Waals surface area contributed by atoms with Gasteiger partial charge in [0.05, 0.1) is 0 Å². The minimum Gasteiger partial charge on any atom is -0.457 e. The normalized spacial score (nSPS) is 11.4. The Morgan fingerprint density at radius 3 is 2.13 bits per heavy atom. The van der Waals surface area contributed by atoms with Gasteiger partial charge in [0.2, 0.25) is 0 Å². The smallest absolute Gasteiger partial charge is 0.133 e. The Hall–Kier alpha value is -1.80. The van der Waals surface area contributed by atoms with Crippen molar-refractivity contribution in [2.45, 2.75) is 54.0 Å². The van der Waals surface area contributed by atoms with Gasteiger partial charge in [0.15, 0.2) is 0 Å². The van der Waals surface area contributed by atoms with Gasteiger partial charge in [-0.05, 0) is 75.5 Å². The van der Waals surface area contributed by atoms with E-state index >= 15 is 0 Å². The predicted octanol–water partition coefficient (Wildman–Crippen LogP) is 5.58. The SMILES string of the molecule is CC.CNC(C)Cc1cc(C)c(Oc2cccc(C)c2)c(C)c1. The summed E-state index contributed by atoms with van der Waals surface area (Å²) < 4.78 is 6.09. The quantitative estimate of drug-likeness (QED) is 0.778. The van der Waals surface area contributed by atoms with Gasteiger partial charge in [-0.1, -0.05) is 38.1 Å². The highest BCUT2D eigenvalue weighted by Gasteiger charge is 2.09. The molecule has 0 fully saturated rings. The summed E-state index contributed by atoms with van der Waals surface area (Å²) in [6.45, 7) is 12.5. The zero-order chi connectivity index (χ0) is 17.4. The highest BCUT2D eigenvalue weighted by molar-refractivity contribution is 5.46. The van der Waals surface area contributed by atoms with Crippen molar-refractivity contribution >= 4 is 0 Å². The molecule has 2 nitrogen and oxygen atoms in total. The van der Waals surface area contributed by atoms with Crippen LogP contribution >= 0.6 is 0 Å². The maximum Gasteiger partial charge on any atom is 0.133 e. The minimum atomic E-state index is 0.479. The monoisotopic (exact) mass is 313 g/mol. The Labute approximate surface area is 141 Å². The molecule has 0 aliphatic heterocycles. The number of hydrogen-bond donors (Lipinski definition) is 1. The van der Waals surface area contributed by atoms with Crippen LogP contribution in [0, 0.1) is 20.8 Å². The van der Waals surface area contributed by atoms with Gasteiger partial charge in [-0.2, -0.15) is 0 Å². The Kier molecular flexibility index (Phi) is 7.84. The molecule has 23 heavy (non-hydrogen) atoms. The molecular weight excluding hydrogens is 282 g/mol. The van der Waals surface area contributed by atoms with Gasteiger partial charge in [0.1, 0.15) is 11.5 Å². The molecular formula is C21H31NO. The van der Waals surface area contributed by atoms with Crippen LogP contribution in [0.1, 0.15) is 43.0 Å². The van der Waals surface area contributed by atoms with E-state index in [4.69, 9.17) is 4.74 Å². The minimum absolute atomic E-state index is 0.479. The van der Waals surface area contributed by atoms with Crippen molar-refractivity contribution in [2.75, 3.05) is 7.05 Å². The average molecular weight is 313 g/mol. The lowest BCUT2D eigenvalue weighted by Crippen LogP contribution is -2.23. The second kappa shape index (κ2) is 9.36. The number of nitrogens with one attached hydrogen (secondary N) is 1. The van der Waals surface area contributed by atoms with Gasteiger partial charge < -0.3 is 10.1 Å². The first-order chi connectivity index (χ1) is 11.0. The van der Waals surface area contributed by atoms with Crippen molar-refractivity contribution in [3.63, 3.8) is 0 Å². The molecule has 2 aromatic rings. The maximum absolute atomic E-state index is 6.09. The van der Waals surface area contributed by atoms with E-state index in [1.165, 1.54) is 22.3 Å². The molecule has 2 aromatic carbocycles. The topological polar surface area (TPSA) is 21.3 Å². The molecule has 0 saturated heterocycles. The second-order valence-electron chi connectivity index (χ2n) is 5.87. The molecule has 1 N–H and O–H groups in total. The van der Waals surface area contributed by atoms with Crippen molar-refractivity contribution in [2.24, 2.45) is 0 Å². The van der Waals surface area contributed by atoms with E-state index in [0.29, 0.717) is 6.04 Å². The van der Waals surface area contributed by atoms with Crippen LogP contribution in [0.5, 0.6) is 11.5 Å². The number of likely N-dealkylation sites (N-methyl/N-ethyl adjacent to an activating group) is 1.